The highest BCUT2D eigenvalue weighted by Gasteiger charge is 2.33. The Balaban J connectivity index is 4.30. The van der Waals surface area contributed by atoms with Crippen LogP contribution in [0.1, 0.15) is 0 Å². The Morgan fingerprint density at radius 1 is 1.27 bits per heavy atom. The van der Waals surface area contributed by atoms with E-state index in [0.717, 1.165) is 0 Å². The van der Waals surface area contributed by atoms with Crippen molar-refractivity contribution in [3.8, 4) is 0 Å². The van der Waals surface area contributed by atoms with Gasteiger partial charge in [0.05, 0.1) is 12.3 Å². The standard InChI is InChI=1S/C6H16O7Si2/c7-1-2(8)3(9)4(10)5(11)6(12)15-13-14/h2-3,5-9,11-12H,1,15H2,14H3/t2-,3-,5-,6?/m1/s1. The average Bonchev–Trinajstić information content (AvgIpc) is 2.25. The average molecular weight is 256 g/mol. The fourth-order valence-corrected chi connectivity index (χ4v) is 2.70. The molecule has 15 heavy (non-hydrogen) atoms. The zero-order valence-electron chi connectivity index (χ0n) is 8.28. The molecule has 0 aliphatic carbocycles. The first-order chi connectivity index (χ1) is 6.95. The second-order valence-corrected chi connectivity index (χ2v) is 6.54. The number of carbonyl (C=O) groups is 1. The van der Waals surface area contributed by atoms with Gasteiger partial charge in [0.1, 0.15) is 28.8 Å². The molecule has 0 aromatic carbocycles. The lowest BCUT2D eigenvalue weighted by Crippen LogP contribution is -2.48. The molecule has 0 spiro atoms. The molecule has 0 saturated heterocycles. The van der Waals surface area contributed by atoms with Crippen LogP contribution in [0.3, 0.4) is 0 Å². The zero-order valence-corrected chi connectivity index (χ0v) is 11.7. The summed E-state index contributed by atoms with van der Waals surface area (Å²) in [6.45, 7) is -0.801. The van der Waals surface area contributed by atoms with Gasteiger partial charge in [0, 0.05) is 0 Å². The molecule has 0 aromatic heterocycles. The maximum Gasteiger partial charge on any atom is 0.194 e. The Hall–Kier alpha value is -0.136. The molecule has 0 bridgehead atoms. The van der Waals surface area contributed by atoms with Crippen molar-refractivity contribution in [2.45, 2.75) is 24.0 Å². The van der Waals surface area contributed by atoms with Gasteiger partial charge in [-0.3, -0.25) is 4.79 Å². The predicted molar refractivity (Wildman–Crippen MR) is 55.7 cm³/mol. The molecule has 0 saturated carbocycles. The van der Waals surface area contributed by atoms with Crippen molar-refractivity contribution in [1.82, 2.24) is 0 Å². The molecule has 7 nitrogen and oxygen atoms in total. The number of aliphatic hydroxyl groups is 5. The first kappa shape index (κ1) is 14.9. The maximum atomic E-state index is 11.2. The van der Waals surface area contributed by atoms with Crippen molar-refractivity contribution in [3.63, 3.8) is 0 Å². The van der Waals surface area contributed by atoms with E-state index in [4.69, 9.17) is 19.4 Å². The highest BCUT2D eigenvalue weighted by Crippen LogP contribution is 2.02. The van der Waals surface area contributed by atoms with Crippen LogP contribution in [0.4, 0.5) is 0 Å². The van der Waals surface area contributed by atoms with Crippen molar-refractivity contribution in [2.75, 3.05) is 6.61 Å². The maximum absolute atomic E-state index is 11.2. The van der Waals surface area contributed by atoms with E-state index in [-0.39, 0.29) is 0 Å². The number of hydrogen-bond donors (Lipinski definition) is 5. The summed E-state index contributed by atoms with van der Waals surface area (Å²) in [6, 6.07) is 0. The van der Waals surface area contributed by atoms with Gasteiger partial charge in [0.15, 0.2) is 15.5 Å². The molecule has 5 N–H and O–H groups in total. The van der Waals surface area contributed by atoms with E-state index in [2.05, 4.69) is 0 Å². The van der Waals surface area contributed by atoms with E-state index in [1.807, 2.05) is 0 Å². The van der Waals surface area contributed by atoms with Gasteiger partial charge >= 0.3 is 0 Å². The van der Waals surface area contributed by atoms with Crippen LogP contribution in [-0.4, -0.2) is 82.2 Å². The molecule has 0 aromatic rings. The van der Waals surface area contributed by atoms with Crippen LogP contribution in [0, 0.1) is 0 Å². The third kappa shape index (κ3) is 4.48. The Morgan fingerprint density at radius 2 is 1.80 bits per heavy atom. The van der Waals surface area contributed by atoms with Gasteiger partial charge in [-0.1, -0.05) is 0 Å². The molecule has 4 atom stereocenters. The molecule has 0 amide bonds. The fraction of sp³-hybridized carbons (Fsp3) is 0.833. The highest BCUT2D eigenvalue weighted by atomic mass is 28.3. The van der Waals surface area contributed by atoms with E-state index in [9.17, 15) is 15.0 Å². The number of aliphatic hydroxyl groups excluding tert-OH is 5. The van der Waals surface area contributed by atoms with Gasteiger partial charge in [-0.15, -0.1) is 0 Å². The smallest absolute Gasteiger partial charge is 0.194 e. The van der Waals surface area contributed by atoms with E-state index in [0.29, 0.717) is 10.5 Å². The van der Waals surface area contributed by atoms with Gasteiger partial charge in [-0.2, -0.15) is 0 Å². The van der Waals surface area contributed by atoms with Crippen molar-refractivity contribution in [3.05, 3.63) is 0 Å². The second-order valence-electron chi connectivity index (χ2n) is 3.06. The summed E-state index contributed by atoms with van der Waals surface area (Å²) >= 11 is 0. The SMILES string of the molecule is O=C([C@@H](O)C(O)[SiH2]O[SiH3])[C@H](O)[C@H](O)CO. The van der Waals surface area contributed by atoms with Gasteiger partial charge in [0.2, 0.25) is 0 Å². The number of hydrogen-bond acceptors (Lipinski definition) is 7. The largest absolute Gasteiger partial charge is 0.466 e. The fourth-order valence-electron chi connectivity index (χ4n) is 0.916. The summed E-state index contributed by atoms with van der Waals surface area (Å²) in [6.07, 6.45) is -5.33. The molecule has 0 rings (SSSR count). The quantitative estimate of drug-likeness (QED) is 0.287. The Kier molecular flexibility index (Phi) is 7.12. The predicted octanol–water partition coefficient (Wildman–Crippen LogP) is -5.67. The lowest BCUT2D eigenvalue weighted by Gasteiger charge is -2.20. The third-order valence-corrected chi connectivity index (χ3v) is 3.96. The molecular formula is C6H16O7Si2. The number of Topliss-reactive ketones (excluding diaryl/α,β-unsaturated/α-hetero) is 1. The Bertz CT molecular complexity index is 202. The minimum atomic E-state index is -1.90. The molecule has 0 fully saturated rings. The van der Waals surface area contributed by atoms with Gasteiger partial charge in [-0.25, -0.2) is 0 Å². The van der Waals surface area contributed by atoms with Crippen LogP contribution in [0.25, 0.3) is 0 Å². The zero-order chi connectivity index (χ0) is 12.0. The summed E-state index contributed by atoms with van der Waals surface area (Å²) in [5.41, 5.74) is -1.31. The Labute approximate surface area is 91.8 Å². The van der Waals surface area contributed by atoms with Gasteiger partial charge in [-0.05, 0) is 0 Å². The topological polar surface area (TPSA) is 127 Å². The van der Waals surface area contributed by atoms with Crippen LogP contribution in [0.5, 0.6) is 0 Å². The number of rotatable bonds is 7. The van der Waals surface area contributed by atoms with Gasteiger partial charge < -0.3 is 29.6 Å². The third-order valence-electron chi connectivity index (χ3n) is 1.84. The molecule has 1 unspecified atom stereocenters. The number of carbonyl (C=O) groups excluding carboxylic acids is 1. The number of ketones is 1. The molecule has 0 radical (unpaired) electrons. The lowest BCUT2D eigenvalue weighted by molar-refractivity contribution is -0.146. The first-order valence-corrected chi connectivity index (χ1v) is 6.52. The van der Waals surface area contributed by atoms with Crippen molar-refractivity contribution in [1.29, 1.82) is 0 Å². The molecular weight excluding hydrogens is 240 g/mol. The van der Waals surface area contributed by atoms with E-state index >= 15 is 0 Å². The monoisotopic (exact) mass is 256 g/mol. The van der Waals surface area contributed by atoms with E-state index < -0.39 is 46.2 Å². The molecule has 0 aliphatic rings. The van der Waals surface area contributed by atoms with Crippen molar-refractivity contribution in [2.24, 2.45) is 0 Å². The summed E-state index contributed by atoms with van der Waals surface area (Å²) in [5, 5.41) is 45.0. The molecule has 0 aliphatic heterocycles. The van der Waals surface area contributed by atoms with Crippen molar-refractivity contribution < 1.29 is 34.4 Å². The van der Waals surface area contributed by atoms with Crippen LogP contribution < -0.4 is 0 Å². The molecule has 90 valence electrons. The van der Waals surface area contributed by atoms with E-state index in [1.54, 1.807) is 0 Å². The van der Waals surface area contributed by atoms with Crippen LogP contribution >= 0.6 is 0 Å². The minimum absolute atomic E-state index is 0.400. The summed E-state index contributed by atoms with van der Waals surface area (Å²) < 4.78 is 4.76. The summed E-state index contributed by atoms with van der Waals surface area (Å²) in [7, 11) is -1.02. The van der Waals surface area contributed by atoms with Crippen LogP contribution in [0.15, 0.2) is 0 Å². The van der Waals surface area contributed by atoms with Crippen molar-refractivity contribution >= 4 is 26.0 Å². The summed E-state index contributed by atoms with van der Waals surface area (Å²) in [5.74, 6) is -1.12. The van der Waals surface area contributed by atoms with Crippen LogP contribution in [-0.2, 0) is 8.91 Å². The summed E-state index contributed by atoms with van der Waals surface area (Å²) in [4.78, 5) is 11.2. The highest BCUT2D eigenvalue weighted by molar-refractivity contribution is 6.36. The lowest BCUT2D eigenvalue weighted by atomic mass is 10.1. The normalized spacial score (nSPS) is 20.3. The minimum Gasteiger partial charge on any atom is -0.466 e. The Morgan fingerprint density at radius 3 is 2.20 bits per heavy atom. The van der Waals surface area contributed by atoms with Crippen LogP contribution in [0.2, 0.25) is 0 Å². The van der Waals surface area contributed by atoms with E-state index in [1.165, 1.54) is 0 Å². The second kappa shape index (κ2) is 7.19. The molecule has 9 heteroatoms. The molecule has 0 heterocycles. The first-order valence-electron chi connectivity index (χ1n) is 4.31. The van der Waals surface area contributed by atoms with Gasteiger partial charge in [0.25, 0.3) is 0 Å².